The second-order valence-electron chi connectivity index (χ2n) is 1.10. The van der Waals surface area contributed by atoms with Gasteiger partial charge in [-0.15, -0.1) is 0 Å². The molecule has 3 radical (unpaired) electrons. The van der Waals surface area contributed by atoms with E-state index < -0.39 is 25.2 Å². The fourth-order valence-corrected chi connectivity index (χ4v) is 0. The lowest BCUT2D eigenvalue weighted by molar-refractivity contribution is -0.141. The van der Waals surface area contributed by atoms with Crippen LogP contribution in [-0.2, 0) is 9.59 Å². The van der Waals surface area contributed by atoms with Crippen molar-refractivity contribution in [1.29, 1.82) is 0 Å². The highest BCUT2D eigenvalue weighted by molar-refractivity contribution is 5.75. The van der Waals surface area contributed by atoms with Gasteiger partial charge in [-0.3, -0.25) is 0 Å². The molecule has 0 heterocycles. The second-order valence-corrected chi connectivity index (χ2v) is 1.10. The molecule has 0 rings (SSSR count). The van der Waals surface area contributed by atoms with Crippen molar-refractivity contribution in [3.63, 3.8) is 0 Å². The van der Waals surface area contributed by atoms with Gasteiger partial charge < -0.3 is 20.4 Å². The van der Waals surface area contributed by atoms with E-state index in [9.17, 15) is 0 Å². The third-order valence-corrected chi connectivity index (χ3v) is 0.271. The SMILES string of the molecule is O=C(O)CO.O=C(O)CO.[B]. The quantitative estimate of drug-likeness (QED) is 0.341. The van der Waals surface area contributed by atoms with Gasteiger partial charge in [0.05, 0.1) is 0 Å². The van der Waals surface area contributed by atoms with Crippen LogP contribution in [0.4, 0.5) is 0 Å². The Labute approximate surface area is 64.7 Å². The van der Waals surface area contributed by atoms with Crippen molar-refractivity contribution < 1.29 is 30.0 Å². The first-order valence-corrected chi connectivity index (χ1v) is 2.20. The van der Waals surface area contributed by atoms with E-state index in [0.29, 0.717) is 0 Å². The van der Waals surface area contributed by atoms with Gasteiger partial charge in [0.1, 0.15) is 13.2 Å². The molecule has 7 heteroatoms. The highest BCUT2D eigenvalue weighted by Gasteiger charge is 1.83. The Morgan fingerprint density at radius 1 is 0.909 bits per heavy atom. The predicted molar refractivity (Wildman–Crippen MR) is 35.2 cm³/mol. The molecular weight excluding hydrogens is 155 g/mol. The number of carboxylic acids is 2. The lowest BCUT2D eigenvalue weighted by Gasteiger charge is -1.72. The number of hydrogen-bond acceptors (Lipinski definition) is 4. The molecule has 0 atom stereocenters. The Kier molecular flexibility index (Phi) is 17.5. The molecule has 11 heavy (non-hydrogen) atoms. The van der Waals surface area contributed by atoms with Gasteiger partial charge in [-0.2, -0.15) is 0 Å². The highest BCUT2D eigenvalue weighted by Crippen LogP contribution is 1.49. The molecule has 6 nitrogen and oxygen atoms in total. The van der Waals surface area contributed by atoms with Crippen LogP contribution in [0.5, 0.6) is 0 Å². The van der Waals surface area contributed by atoms with Crippen molar-refractivity contribution in [2.24, 2.45) is 0 Å². The Balaban J connectivity index is -0.000000107. The minimum atomic E-state index is -1.19. The van der Waals surface area contributed by atoms with Gasteiger partial charge >= 0.3 is 11.9 Å². The van der Waals surface area contributed by atoms with E-state index in [0.717, 1.165) is 0 Å². The molecule has 0 aliphatic rings. The summed E-state index contributed by atoms with van der Waals surface area (Å²) in [7, 11) is 0. The van der Waals surface area contributed by atoms with Crippen molar-refractivity contribution >= 4 is 20.4 Å². The molecule has 0 spiro atoms. The molecule has 0 amide bonds. The van der Waals surface area contributed by atoms with Crippen molar-refractivity contribution in [2.45, 2.75) is 0 Å². The maximum Gasteiger partial charge on any atom is 0.329 e. The maximum absolute atomic E-state index is 9.12. The predicted octanol–water partition coefficient (Wildman–Crippen LogP) is -2.25. The van der Waals surface area contributed by atoms with Crippen molar-refractivity contribution in [3.05, 3.63) is 0 Å². The average molecular weight is 163 g/mol. The van der Waals surface area contributed by atoms with E-state index >= 15 is 0 Å². The second kappa shape index (κ2) is 11.7. The first kappa shape index (κ1) is 16.5. The van der Waals surface area contributed by atoms with Crippen LogP contribution in [0.1, 0.15) is 0 Å². The largest absolute Gasteiger partial charge is 0.480 e. The van der Waals surface area contributed by atoms with Gasteiger partial charge in [0.15, 0.2) is 0 Å². The molecule has 63 valence electrons. The maximum atomic E-state index is 9.12. The molecule has 0 aliphatic carbocycles. The summed E-state index contributed by atoms with van der Waals surface area (Å²) in [5, 5.41) is 30.0. The van der Waals surface area contributed by atoms with Gasteiger partial charge in [-0.25, -0.2) is 9.59 Å². The summed E-state index contributed by atoms with van der Waals surface area (Å²) >= 11 is 0. The van der Waals surface area contributed by atoms with E-state index in [4.69, 9.17) is 30.0 Å². The zero-order chi connectivity index (χ0) is 8.57. The number of aliphatic hydroxyl groups is 2. The number of carboxylic acid groups (broad SMARTS) is 2. The van der Waals surface area contributed by atoms with Gasteiger partial charge in [-0.1, -0.05) is 0 Å². The van der Waals surface area contributed by atoms with Gasteiger partial charge in [0.2, 0.25) is 0 Å². The van der Waals surface area contributed by atoms with Crippen LogP contribution in [-0.4, -0.2) is 54.0 Å². The number of aliphatic hydroxyl groups excluding tert-OH is 2. The van der Waals surface area contributed by atoms with Crippen molar-refractivity contribution in [3.8, 4) is 0 Å². The fraction of sp³-hybridized carbons (Fsp3) is 0.500. The third-order valence-electron chi connectivity index (χ3n) is 0.271. The molecule has 0 bridgehead atoms. The van der Waals surface area contributed by atoms with Crippen LogP contribution >= 0.6 is 0 Å². The summed E-state index contributed by atoms with van der Waals surface area (Å²) in [6.07, 6.45) is 0. The Morgan fingerprint density at radius 3 is 1.00 bits per heavy atom. The standard InChI is InChI=1S/2C2H4O3.B/c2*3-1-2(4)5;/h2*3H,1H2,(H,4,5);. The van der Waals surface area contributed by atoms with Crippen LogP contribution in [0.25, 0.3) is 0 Å². The minimum absolute atomic E-state index is 0. The number of hydrogen-bond donors (Lipinski definition) is 4. The summed E-state index contributed by atoms with van der Waals surface area (Å²) in [5.41, 5.74) is 0. The normalized spacial score (nSPS) is 6.73. The summed E-state index contributed by atoms with van der Waals surface area (Å²) in [6, 6.07) is 0. The monoisotopic (exact) mass is 163 g/mol. The van der Waals surface area contributed by atoms with Gasteiger partial charge in [0.25, 0.3) is 0 Å². The van der Waals surface area contributed by atoms with Crippen LogP contribution in [0, 0.1) is 0 Å². The van der Waals surface area contributed by atoms with E-state index in [1.54, 1.807) is 0 Å². The molecule has 0 saturated heterocycles. The lowest BCUT2D eigenvalue weighted by atomic mass is 10.8. The molecule has 0 aromatic carbocycles. The lowest BCUT2D eigenvalue weighted by Crippen LogP contribution is -1.98. The molecular formula is C4H8BO6. The first-order chi connectivity index (χ1) is 4.54. The van der Waals surface area contributed by atoms with Crippen LogP contribution in [0.2, 0.25) is 0 Å². The van der Waals surface area contributed by atoms with Crippen LogP contribution in [0.15, 0.2) is 0 Å². The smallest absolute Gasteiger partial charge is 0.329 e. The number of carbonyl (C=O) groups is 2. The fourth-order valence-electron chi connectivity index (χ4n) is 0. The Hall–Kier alpha value is -1.08. The number of aliphatic carboxylic acids is 2. The van der Waals surface area contributed by atoms with Crippen molar-refractivity contribution in [1.82, 2.24) is 0 Å². The topological polar surface area (TPSA) is 115 Å². The zero-order valence-electron chi connectivity index (χ0n) is 5.60. The Bertz CT molecular complexity index is 99.1. The van der Waals surface area contributed by atoms with E-state index in [2.05, 4.69) is 0 Å². The Morgan fingerprint density at radius 2 is 1.00 bits per heavy atom. The van der Waals surface area contributed by atoms with Crippen molar-refractivity contribution in [2.75, 3.05) is 13.2 Å². The van der Waals surface area contributed by atoms with Gasteiger partial charge in [-0.05, 0) is 0 Å². The average Bonchev–Trinajstić information content (AvgIpc) is 1.89. The zero-order valence-corrected chi connectivity index (χ0v) is 5.60. The van der Waals surface area contributed by atoms with Crippen LogP contribution in [0.3, 0.4) is 0 Å². The summed E-state index contributed by atoms with van der Waals surface area (Å²) < 4.78 is 0. The molecule has 0 aromatic rings. The molecule has 0 saturated carbocycles. The molecule has 0 fully saturated rings. The molecule has 4 N–H and O–H groups in total. The number of rotatable bonds is 2. The molecule has 0 unspecified atom stereocenters. The van der Waals surface area contributed by atoms with Gasteiger partial charge in [0, 0.05) is 8.41 Å². The van der Waals surface area contributed by atoms with Crippen LogP contribution < -0.4 is 0 Å². The first-order valence-electron chi connectivity index (χ1n) is 2.20. The van der Waals surface area contributed by atoms with E-state index in [1.807, 2.05) is 0 Å². The molecule has 0 aromatic heterocycles. The molecule has 0 aliphatic heterocycles. The summed E-state index contributed by atoms with van der Waals surface area (Å²) in [6.45, 7) is -1.56. The van der Waals surface area contributed by atoms with E-state index in [-0.39, 0.29) is 8.41 Å². The van der Waals surface area contributed by atoms with E-state index in [1.165, 1.54) is 0 Å². The summed E-state index contributed by atoms with van der Waals surface area (Å²) in [4.78, 5) is 18.2. The third kappa shape index (κ3) is 50.0. The summed E-state index contributed by atoms with van der Waals surface area (Å²) in [5.74, 6) is -2.38. The minimum Gasteiger partial charge on any atom is -0.480 e. The highest BCUT2D eigenvalue weighted by atomic mass is 16.4.